The van der Waals surface area contributed by atoms with E-state index < -0.39 is 0 Å². The van der Waals surface area contributed by atoms with E-state index in [1.165, 1.54) is 0 Å². The number of aromatic amines is 1. The third-order valence-electron chi connectivity index (χ3n) is 3.43. The van der Waals surface area contributed by atoms with Crippen LogP contribution in [0.5, 0.6) is 0 Å². The molecule has 1 atom stereocenters. The zero-order valence-corrected chi connectivity index (χ0v) is 10.1. The van der Waals surface area contributed by atoms with Gasteiger partial charge >= 0.3 is 0 Å². The number of rotatable bonds is 2. The summed E-state index contributed by atoms with van der Waals surface area (Å²) in [5.41, 5.74) is 2.24. The van der Waals surface area contributed by atoms with E-state index in [9.17, 15) is 14.4 Å². The average molecular weight is 256 g/mol. The number of hydrogen-bond acceptors (Lipinski definition) is 3. The van der Waals surface area contributed by atoms with Crippen molar-refractivity contribution in [2.75, 3.05) is 0 Å². The molecule has 2 aromatic rings. The van der Waals surface area contributed by atoms with Crippen LogP contribution in [0.4, 0.5) is 0 Å². The van der Waals surface area contributed by atoms with Gasteiger partial charge in [0.1, 0.15) is 0 Å². The molecule has 1 aliphatic heterocycles. The molecule has 1 fully saturated rings. The van der Waals surface area contributed by atoms with Crippen LogP contribution in [-0.4, -0.2) is 23.1 Å². The molecule has 0 saturated carbocycles. The summed E-state index contributed by atoms with van der Waals surface area (Å²) in [6.45, 7) is 0. The Morgan fingerprint density at radius 3 is 2.79 bits per heavy atom. The lowest BCUT2D eigenvalue weighted by molar-refractivity contribution is -0.134. The third kappa shape index (κ3) is 2.03. The number of carbonyl (C=O) groups excluding carboxylic acids is 3. The number of amides is 2. The van der Waals surface area contributed by atoms with Gasteiger partial charge in [-0.1, -0.05) is 6.07 Å². The van der Waals surface area contributed by atoms with Crippen molar-refractivity contribution in [3.63, 3.8) is 0 Å². The smallest absolute Gasteiger partial charge is 0.234 e. The van der Waals surface area contributed by atoms with E-state index in [0.29, 0.717) is 18.5 Å². The molecular formula is C14H12N2O3. The first-order valence-corrected chi connectivity index (χ1v) is 6.09. The Hall–Kier alpha value is -2.43. The lowest BCUT2D eigenvalue weighted by Gasteiger charge is -2.21. The maximum Gasteiger partial charge on any atom is 0.234 e. The molecule has 1 unspecified atom stereocenters. The first-order chi connectivity index (χ1) is 9.17. The van der Waals surface area contributed by atoms with Crippen LogP contribution in [0.1, 0.15) is 34.8 Å². The van der Waals surface area contributed by atoms with Crippen LogP contribution in [0.3, 0.4) is 0 Å². The van der Waals surface area contributed by atoms with Crippen LogP contribution < -0.4 is 5.32 Å². The largest absolute Gasteiger partial charge is 0.352 e. The average Bonchev–Trinajstić information content (AvgIpc) is 2.80. The van der Waals surface area contributed by atoms with E-state index in [0.717, 1.165) is 22.8 Å². The summed E-state index contributed by atoms with van der Waals surface area (Å²) in [5.74, 6) is -0.759. The quantitative estimate of drug-likeness (QED) is 0.631. The summed E-state index contributed by atoms with van der Waals surface area (Å²) in [7, 11) is 0. The lowest BCUT2D eigenvalue weighted by Crippen LogP contribution is -2.39. The molecule has 96 valence electrons. The molecule has 5 nitrogen and oxygen atoms in total. The molecule has 2 N–H and O–H groups in total. The SMILES string of the molecule is O=Cc1cc2cc(C3CCC(=O)NC3=O)ccc2[nH]1. The minimum atomic E-state index is -0.295. The summed E-state index contributed by atoms with van der Waals surface area (Å²) >= 11 is 0. The summed E-state index contributed by atoms with van der Waals surface area (Å²) < 4.78 is 0. The van der Waals surface area contributed by atoms with E-state index in [-0.39, 0.29) is 17.7 Å². The zero-order valence-electron chi connectivity index (χ0n) is 10.1. The standard InChI is InChI=1S/C14H12N2O3/c17-7-10-6-9-5-8(1-3-12(9)15-10)11-2-4-13(18)16-14(11)19/h1,3,5-7,11,15H,2,4H2,(H,16,18,19). The molecule has 5 heteroatoms. The lowest BCUT2D eigenvalue weighted by atomic mass is 9.90. The van der Waals surface area contributed by atoms with E-state index in [1.807, 2.05) is 18.2 Å². The number of carbonyl (C=O) groups is 3. The number of nitrogens with one attached hydrogen (secondary N) is 2. The van der Waals surface area contributed by atoms with E-state index in [2.05, 4.69) is 10.3 Å². The van der Waals surface area contributed by atoms with Crippen LogP contribution >= 0.6 is 0 Å². The Morgan fingerprint density at radius 1 is 1.21 bits per heavy atom. The molecule has 19 heavy (non-hydrogen) atoms. The molecule has 1 aliphatic rings. The topological polar surface area (TPSA) is 79.0 Å². The maximum absolute atomic E-state index is 11.8. The van der Waals surface area contributed by atoms with Crippen LogP contribution in [0.25, 0.3) is 10.9 Å². The van der Waals surface area contributed by atoms with Crippen molar-refractivity contribution >= 4 is 29.0 Å². The van der Waals surface area contributed by atoms with Crippen LogP contribution in [0.2, 0.25) is 0 Å². The number of aldehydes is 1. The second-order valence-corrected chi connectivity index (χ2v) is 4.69. The highest BCUT2D eigenvalue weighted by Crippen LogP contribution is 2.27. The highest BCUT2D eigenvalue weighted by Gasteiger charge is 2.27. The van der Waals surface area contributed by atoms with Gasteiger partial charge in [0, 0.05) is 17.3 Å². The molecule has 0 bridgehead atoms. The van der Waals surface area contributed by atoms with Gasteiger partial charge in [-0.25, -0.2) is 0 Å². The van der Waals surface area contributed by atoms with Gasteiger partial charge in [0.25, 0.3) is 0 Å². The fourth-order valence-corrected chi connectivity index (χ4v) is 2.47. The van der Waals surface area contributed by atoms with Gasteiger partial charge in [-0.15, -0.1) is 0 Å². The maximum atomic E-state index is 11.8. The van der Waals surface area contributed by atoms with Gasteiger partial charge in [0.2, 0.25) is 11.8 Å². The van der Waals surface area contributed by atoms with Crippen LogP contribution in [0.15, 0.2) is 24.3 Å². The fourth-order valence-electron chi connectivity index (χ4n) is 2.47. The summed E-state index contributed by atoms with van der Waals surface area (Å²) in [5, 5.41) is 3.24. The van der Waals surface area contributed by atoms with Crippen molar-refractivity contribution in [1.82, 2.24) is 10.3 Å². The van der Waals surface area contributed by atoms with Crippen molar-refractivity contribution in [1.29, 1.82) is 0 Å². The van der Waals surface area contributed by atoms with E-state index in [1.54, 1.807) is 6.07 Å². The molecule has 1 aromatic carbocycles. The monoisotopic (exact) mass is 256 g/mol. The first kappa shape index (κ1) is 11.6. The predicted molar refractivity (Wildman–Crippen MR) is 68.8 cm³/mol. The second-order valence-electron chi connectivity index (χ2n) is 4.69. The predicted octanol–water partition coefficient (Wildman–Crippen LogP) is 1.50. The highest BCUT2D eigenvalue weighted by atomic mass is 16.2. The van der Waals surface area contributed by atoms with Gasteiger partial charge in [-0.3, -0.25) is 19.7 Å². The highest BCUT2D eigenvalue weighted by molar-refractivity contribution is 6.01. The molecule has 2 heterocycles. The number of fused-ring (bicyclic) bond motifs is 1. The number of imide groups is 1. The minimum absolute atomic E-state index is 0.216. The van der Waals surface area contributed by atoms with Crippen molar-refractivity contribution in [2.45, 2.75) is 18.8 Å². The van der Waals surface area contributed by atoms with Gasteiger partial charge in [-0.2, -0.15) is 0 Å². The number of H-pyrrole nitrogens is 1. The summed E-state index contributed by atoms with van der Waals surface area (Å²) in [6, 6.07) is 7.34. The molecule has 3 rings (SSSR count). The van der Waals surface area contributed by atoms with Crippen molar-refractivity contribution in [3.05, 3.63) is 35.5 Å². The van der Waals surface area contributed by atoms with Gasteiger partial charge < -0.3 is 4.98 Å². The second kappa shape index (κ2) is 4.35. The van der Waals surface area contributed by atoms with E-state index >= 15 is 0 Å². The Labute approximate surface area is 109 Å². The molecule has 2 amide bonds. The molecule has 1 aromatic heterocycles. The van der Waals surface area contributed by atoms with Gasteiger partial charge in [0.15, 0.2) is 6.29 Å². The van der Waals surface area contributed by atoms with Crippen LogP contribution in [0, 0.1) is 0 Å². The molecule has 0 radical (unpaired) electrons. The zero-order chi connectivity index (χ0) is 13.4. The normalized spacial score (nSPS) is 19.5. The third-order valence-corrected chi connectivity index (χ3v) is 3.43. The Bertz CT molecular complexity index is 687. The van der Waals surface area contributed by atoms with Gasteiger partial charge in [0.05, 0.1) is 11.6 Å². The molecular weight excluding hydrogens is 244 g/mol. The number of piperidine rings is 1. The summed E-state index contributed by atoms with van der Waals surface area (Å²) in [4.78, 5) is 36.6. The number of benzene rings is 1. The Kier molecular flexibility index (Phi) is 2.67. The minimum Gasteiger partial charge on any atom is -0.352 e. The van der Waals surface area contributed by atoms with Crippen molar-refractivity contribution in [2.24, 2.45) is 0 Å². The Morgan fingerprint density at radius 2 is 2.05 bits per heavy atom. The molecule has 0 aliphatic carbocycles. The molecule has 0 spiro atoms. The summed E-state index contributed by atoms with van der Waals surface area (Å²) in [6.07, 6.45) is 1.65. The van der Waals surface area contributed by atoms with E-state index in [4.69, 9.17) is 0 Å². The Balaban J connectivity index is 1.98. The van der Waals surface area contributed by atoms with Gasteiger partial charge in [-0.05, 0) is 30.2 Å². The number of hydrogen-bond donors (Lipinski definition) is 2. The van der Waals surface area contributed by atoms with Crippen LogP contribution in [-0.2, 0) is 9.59 Å². The molecule has 1 saturated heterocycles. The number of aromatic nitrogens is 1. The first-order valence-electron chi connectivity index (χ1n) is 6.09. The van der Waals surface area contributed by atoms with Crippen molar-refractivity contribution in [3.8, 4) is 0 Å². The van der Waals surface area contributed by atoms with Crippen molar-refractivity contribution < 1.29 is 14.4 Å². The fraction of sp³-hybridized carbons (Fsp3) is 0.214.